The molecule has 146 valence electrons. The topological polar surface area (TPSA) is 55.5 Å². The lowest BCUT2D eigenvalue weighted by Crippen LogP contribution is -2.44. The van der Waals surface area contributed by atoms with Gasteiger partial charge in [0, 0.05) is 35.7 Å². The first-order valence-corrected chi connectivity index (χ1v) is 9.09. The van der Waals surface area contributed by atoms with Gasteiger partial charge in [-0.15, -0.1) is 24.0 Å². The number of halogens is 1. The normalized spacial score (nSPS) is 12.3. The van der Waals surface area contributed by atoms with Gasteiger partial charge in [0.1, 0.15) is 0 Å². The highest BCUT2D eigenvalue weighted by Gasteiger charge is 2.19. The zero-order chi connectivity index (χ0) is 18.4. The Labute approximate surface area is 175 Å². The fourth-order valence-corrected chi connectivity index (χ4v) is 2.58. The highest BCUT2D eigenvalue weighted by atomic mass is 127. The summed E-state index contributed by atoms with van der Waals surface area (Å²) in [6.07, 6.45) is 3.08. The van der Waals surface area contributed by atoms with Gasteiger partial charge in [-0.25, -0.2) is 0 Å². The predicted molar refractivity (Wildman–Crippen MR) is 124 cm³/mol. The van der Waals surface area contributed by atoms with E-state index in [9.17, 15) is 0 Å². The summed E-state index contributed by atoms with van der Waals surface area (Å²) in [5.41, 5.74) is 3.87. The fraction of sp³-hybridized carbons (Fsp3) is 0.550. The van der Waals surface area contributed by atoms with Gasteiger partial charge >= 0.3 is 0 Å². The molecular weight excluding hydrogens is 437 g/mol. The van der Waals surface area contributed by atoms with Crippen LogP contribution < -0.4 is 10.6 Å². The lowest BCUT2D eigenvalue weighted by molar-refractivity contribution is 0.204. The summed E-state index contributed by atoms with van der Waals surface area (Å²) in [6, 6.07) is 6.57. The van der Waals surface area contributed by atoms with Gasteiger partial charge in [-0.3, -0.25) is 4.99 Å². The van der Waals surface area contributed by atoms with Crippen LogP contribution in [0.15, 0.2) is 29.4 Å². The molecule has 26 heavy (non-hydrogen) atoms. The molecule has 0 atom stereocenters. The van der Waals surface area contributed by atoms with E-state index in [2.05, 4.69) is 86.7 Å². The van der Waals surface area contributed by atoms with E-state index < -0.39 is 0 Å². The molecule has 0 saturated carbocycles. The van der Waals surface area contributed by atoms with Gasteiger partial charge in [0.15, 0.2) is 5.96 Å². The highest BCUT2D eigenvalue weighted by Crippen LogP contribution is 2.19. The summed E-state index contributed by atoms with van der Waals surface area (Å²) in [5, 5.41) is 8.09. The number of likely N-dealkylation sites (N-methyl/N-ethyl adjacent to an activating group) is 1. The summed E-state index contributed by atoms with van der Waals surface area (Å²) in [5.74, 6) is 0.883. The molecule has 0 unspecified atom stereocenters. The molecule has 0 amide bonds. The molecule has 2 aromatic rings. The number of aromatic nitrogens is 1. The number of hydrogen-bond donors (Lipinski definition) is 3. The third-order valence-electron chi connectivity index (χ3n) is 4.79. The molecule has 1 aromatic carbocycles. The Balaban J connectivity index is 0.00000338. The van der Waals surface area contributed by atoms with Crippen molar-refractivity contribution >= 4 is 40.8 Å². The summed E-state index contributed by atoms with van der Waals surface area (Å²) < 4.78 is 0. The van der Waals surface area contributed by atoms with Crippen LogP contribution in [0.1, 0.15) is 31.9 Å². The number of aliphatic imine (C=N–C) groups is 1. The van der Waals surface area contributed by atoms with Crippen molar-refractivity contribution in [3.8, 4) is 0 Å². The summed E-state index contributed by atoms with van der Waals surface area (Å²) in [7, 11) is 4.18. The second kappa shape index (κ2) is 10.2. The van der Waals surface area contributed by atoms with Crippen LogP contribution in [0, 0.1) is 6.92 Å². The van der Waals surface area contributed by atoms with E-state index in [0.717, 1.165) is 32.0 Å². The van der Waals surface area contributed by atoms with Gasteiger partial charge in [-0.05, 0) is 65.4 Å². The quantitative estimate of drug-likeness (QED) is 0.329. The molecule has 0 bridgehead atoms. The average Bonchev–Trinajstić information content (AvgIpc) is 2.94. The third kappa shape index (κ3) is 6.16. The van der Waals surface area contributed by atoms with Crippen LogP contribution in [0.4, 0.5) is 0 Å². The number of H-pyrrole nitrogens is 1. The van der Waals surface area contributed by atoms with E-state index in [1.54, 1.807) is 0 Å². The van der Waals surface area contributed by atoms with Gasteiger partial charge in [0.05, 0.1) is 6.54 Å². The molecule has 1 heterocycles. The van der Waals surface area contributed by atoms with Crippen molar-refractivity contribution < 1.29 is 0 Å². The van der Waals surface area contributed by atoms with Crippen LogP contribution in [0.5, 0.6) is 0 Å². The zero-order valence-electron chi connectivity index (χ0n) is 16.9. The summed E-state index contributed by atoms with van der Waals surface area (Å²) in [6.45, 7) is 11.1. The Kier molecular flexibility index (Phi) is 8.89. The van der Waals surface area contributed by atoms with Gasteiger partial charge in [-0.1, -0.05) is 12.1 Å². The van der Waals surface area contributed by atoms with E-state index in [0.29, 0.717) is 0 Å². The van der Waals surface area contributed by atoms with Gasteiger partial charge in [0.2, 0.25) is 0 Å². The first kappa shape index (κ1) is 22.8. The van der Waals surface area contributed by atoms with Crippen molar-refractivity contribution in [3.05, 3.63) is 35.5 Å². The summed E-state index contributed by atoms with van der Waals surface area (Å²) in [4.78, 5) is 10.3. The molecular formula is C20H34IN5. The third-order valence-corrected chi connectivity index (χ3v) is 4.79. The minimum Gasteiger partial charge on any atom is -0.361 e. The van der Waals surface area contributed by atoms with E-state index in [-0.39, 0.29) is 29.5 Å². The molecule has 0 aliphatic rings. The molecule has 2 rings (SSSR count). The number of aryl methyl sites for hydroxylation is 1. The maximum Gasteiger partial charge on any atom is 0.191 e. The van der Waals surface area contributed by atoms with Crippen molar-refractivity contribution in [1.82, 2.24) is 20.5 Å². The predicted octanol–water partition coefficient (Wildman–Crippen LogP) is 3.53. The Morgan fingerprint density at radius 1 is 1.23 bits per heavy atom. The number of nitrogens with one attached hydrogen (secondary N) is 3. The molecule has 0 saturated heterocycles. The number of nitrogens with zero attached hydrogens (tertiary/aromatic N) is 2. The Morgan fingerprint density at radius 3 is 2.62 bits per heavy atom. The van der Waals surface area contributed by atoms with Crippen molar-refractivity contribution in [3.63, 3.8) is 0 Å². The van der Waals surface area contributed by atoms with Crippen molar-refractivity contribution in [1.29, 1.82) is 0 Å². The van der Waals surface area contributed by atoms with Crippen LogP contribution in [-0.2, 0) is 6.42 Å². The fourth-order valence-electron chi connectivity index (χ4n) is 2.58. The molecule has 0 aliphatic heterocycles. The smallest absolute Gasteiger partial charge is 0.191 e. The van der Waals surface area contributed by atoms with Crippen LogP contribution in [-0.4, -0.2) is 55.1 Å². The number of benzene rings is 1. The minimum atomic E-state index is 0. The first-order chi connectivity index (χ1) is 11.8. The number of hydrogen-bond acceptors (Lipinski definition) is 2. The second-order valence-corrected chi connectivity index (χ2v) is 7.44. The molecule has 6 heteroatoms. The number of rotatable bonds is 7. The van der Waals surface area contributed by atoms with E-state index in [1.165, 1.54) is 22.0 Å². The van der Waals surface area contributed by atoms with Crippen molar-refractivity contribution in [2.75, 3.05) is 33.7 Å². The Bertz CT molecular complexity index is 718. The van der Waals surface area contributed by atoms with Crippen LogP contribution in [0.25, 0.3) is 10.9 Å². The molecule has 1 aromatic heterocycles. The standard InChI is InChI=1S/C20H33N5.HI/c1-7-21-19(24-14-20(3,4)25(5)6)22-11-10-16-13-23-18-12-15(2)8-9-17(16)18;/h8-9,12-13,23H,7,10-11,14H2,1-6H3,(H2,21,22,24);1H. The monoisotopic (exact) mass is 471 g/mol. The Hall–Kier alpha value is -1.28. The zero-order valence-corrected chi connectivity index (χ0v) is 19.3. The summed E-state index contributed by atoms with van der Waals surface area (Å²) >= 11 is 0. The molecule has 0 aliphatic carbocycles. The lowest BCUT2D eigenvalue weighted by atomic mass is 10.1. The number of aromatic amines is 1. The molecule has 5 nitrogen and oxygen atoms in total. The van der Waals surface area contributed by atoms with Crippen LogP contribution in [0.3, 0.4) is 0 Å². The van der Waals surface area contributed by atoms with Gasteiger partial charge < -0.3 is 20.5 Å². The Morgan fingerprint density at radius 2 is 1.96 bits per heavy atom. The van der Waals surface area contributed by atoms with E-state index in [4.69, 9.17) is 4.99 Å². The highest BCUT2D eigenvalue weighted by molar-refractivity contribution is 14.0. The largest absolute Gasteiger partial charge is 0.361 e. The van der Waals surface area contributed by atoms with E-state index in [1.807, 2.05) is 0 Å². The van der Waals surface area contributed by atoms with E-state index >= 15 is 0 Å². The van der Waals surface area contributed by atoms with Gasteiger partial charge in [-0.2, -0.15) is 0 Å². The second-order valence-electron chi connectivity index (χ2n) is 7.44. The maximum atomic E-state index is 4.74. The maximum absolute atomic E-state index is 4.74. The van der Waals surface area contributed by atoms with Crippen molar-refractivity contribution in [2.24, 2.45) is 4.99 Å². The lowest BCUT2D eigenvalue weighted by Gasteiger charge is -2.31. The SMILES string of the molecule is CCNC(=NCC(C)(C)N(C)C)NCCc1c[nH]c2cc(C)ccc12.I. The number of guanidine groups is 1. The number of fused-ring (bicyclic) bond motifs is 1. The molecule has 0 radical (unpaired) electrons. The molecule has 0 fully saturated rings. The minimum absolute atomic E-state index is 0. The average molecular weight is 471 g/mol. The molecule has 3 N–H and O–H groups in total. The first-order valence-electron chi connectivity index (χ1n) is 9.09. The van der Waals surface area contributed by atoms with Gasteiger partial charge in [0.25, 0.3) is 0 Å². The van der Waals surface area contributed by atoms with Crippen LogP contribution >= 0.6 is 24.0 Å². The molecule has 0 spiro atoms. The van der Waals surface area contributed by atoms with Crippen molar-refractivity contribution in [2.45, 2.75) is 39.7 Å². The van der Waals surface area contributed by atoms with Crippen LogP contribution in [0.2, 0.25) is 0 Å².